The third-order valence-corrected chi connectivity index (χ3v) is 6.39. The van der Waals surface area contributed by atoms with E-state index in [0.717, 1.165) is 0 Å². The molecule has 0 aliphatic carbocycles. The maximum atomic E-state index is 13.0. The van der Waals surface area contributed by atoms with Gasteiger partial charge in [0, 0.05) is 5.56 Å². The minimum absolute atomic E-state index is 0.0669. The lowest BCUT2D eigenvalue weighted by Gasteiger charge is -2.20. The summed E-state index contributed by atoms with van der Waals surface area (Å²) in [5, 5.41) is 7.87. The van der Waals surface area contributed by atoms with Crippen LogP contribution in [0.3, 0.4) is 0 Å². The Balaban J connectivity index is 1.52. The number of amides is 1. The number of ether oxygens (including phenoxy) is 3. The molecule has 2 heterocycles. The van der Waals surface area contributed by atoms with Crippen molar-refractivity contribution >= 4 is 49.7 Å². The van der Waals surface area contributed by atoms with Crippen LogP contribution < -0.4 is 19.6 Å². The molecule has 0 radical (unpaired) electrons. The summed E-state index contributed by atoms with van der Waals surface area (Å²) in [5.74, 6) is 0.170. The van der Waals surface area contributed by atoms with Crippen LogP contribution in [0.1, 0.15) is 24.2 Å². The third kappa shape index (κ3) is 3.99. The van der Waals surface area contributed by atoms with E-state index in [2.05, 4.69) is 47.5 Å². The molecule has 2 aromatic carbocycles. The Morgan fingerprint density at radius 1 is 1.26 bits per heavy atom. The van der Waals surface area contributed by atoms with Crippen LogP contribution in [0, 0.1) is 11.7 Å². The average Bonchev–Trinajstić information content (AvgIpc) is 3.38. The van der Waals surface area contributed by atoms with Gasteiger partial charge in [-0.05, 0) is 49.6 Å². The first-order valence-electron chi connectivity index (χ1n) is 9.09. The van der Waals surface area contributed by atoms with Crippen LogP contribution in [0.15, 0.2) is 43.5 Å². The highest BCUT2D eigenvalue weighted by Crippen LogP contribution is 2.55. The van der Waals surface area contributed by atoms with Crippen molar-refractivity contribution in [2.75, 3.05) is 13.9 Å². The zero-order chi connectivity index (χ0) is 22.1. The van der Waals surface area contributed by atoms with E-state index in [9.17, 15) is 9.18 Å². The van der Waals surface area contributed by atoms with Gasteiger partial charge in [0.05, 0.1) is 28.2 Å². The number of halogens is 3. The molecule has 1 amide bonds. The Hall–Kier alpha value is -2.66. The summed E-state index contributed by atoms with van der Waals surface area (Å²) in [5.41, 5.74) is 3.91. The largest absolute Gasteiger partial charge is 0.492 e. The van der Waals surface area contributed by atoms with Gasteiger partial charge < -0.3 is 19.0 Å². The molecule has 2 unspecified atom stereocenters. The van der Waals surface area contributed by atoms with E-state index in [-0.39, 0.29) is 18.3 Å². The first-order valence-corrected chi connectivity index (χ1v) is 10.7. The number of methoxy groups -OCH3 is 1. The molecule has 162 valence electrons. The molecule has 2 aromatic rings. The van der Waals surface area contributed by atoms with Crippen molar-refractivity contribution in [3.05, 3.63) is 50.2 Å². The van der Waals surface area contributed by atoms with E-state index >= 15 is 0 Å². The molecular weight excluding hydrogens is 541 g/mol. The van der Waals surface area contributed by atoms with E-state index < -0.39 is 17.9 Å². The summed E-state index contributed by atoms with van der Waals surface area (Å²) in [6, 6.07) is 5.70. The van der Waals surface area contributed by atoms with E-state index in [1.807, 2.05) is 6.92 Å². The Labute approximate surface area is 193 Å². The number of hydrazone groups is 1. The zero-order valence-electron chi connectivity index (χ0n) is 16.3. The van der Waals surface area contributed by atoms with Crippen molar-refractivity contribution in [3.63, 3.8) is 0 Å². The fraction of sp³-hybridized carbons (Fsp3) is 0.250. The smallest absolute Gasteiger partial charge is 0.289 e. The number of benzene rings is 2. The maximum Gasteiger partial charge on any atom is 0.289 e. The summed E-state index contributed by atoms with van der Waals surface area (Å²) >= 11 is 7.08. The van der Waals surface area contributed by atoms with Crippen molar-refractivity contribution < 1.29 is 28.2 Å². The molecule has 11 heteroatoms. The van der Waals surface area contributed by atoms with Crippen LogP contribution in [-0.4, -0.2) is 31.7 Å². The predicted octanol–water partition coefficient (Wildman–Crippen LogP) is 4.30. The van der Waals surface area contributed by atoms with Crippen molar-refractivity contribution in [3.8, 4) is 17.2 Å². The summed E-state index contributed by atoms with van der Waals surface area (Å²) in [6.07, 6.45) is 0.820. The van der Waals surface area contributed by atoms with Gasteiger partial charge in [0.15, 0.2) is 23.3 Å². The van der Waals surface area contributed by atoms with Gasteiger partial charge in [-0.1, -0.05) is 24.2 Å². The van der Waals surface area contributed by atoms with Crippen molar-refractivity contribution in [1.29, 1.82) is 0 Å². The Morgan fingerprint density at radius 3 is 2.68 bits per heavy atom. The number of rotatable bonds is 5. The molecule has 8 nitrogen and oxygen atoms in total. The van der Waals surface area contributed by atoms with Crippen molar-refractivity contribution in [2.45, 2.75) is 13.0 Å². The zero-order valence-corrected chi connectivity index (χ0v) is 19.5. The molecule has 0 spiro atoms. The highest BCUT2D eigenvalue weighted by molar-refractivity contribution is 9.11. The molecule has 0 saturated carbocycles. The minimum atomic E-state index is -0.589. The van der Waals surface area contributed by atoms with Gasteiger partial charge >= 0.3 is 0 Å². The topological polar surface area (TPSA) is 90.7 Å². The minimum Gasteiger partial charge on any atom is -0.492 e. The van der Waals surface area contributed by atoms with Gasteiger partial charge in [-0.3, -0.25) is 4.79 Å². The van der Waals surface area contributed by atoms with Crippen LogP contribution in [0.5, 0.6) is 17.2 Å². The van der Waals surface area contributed by atoms with E-state index in [1.165, 1.54) is 25.5 Å². The van der Waals surface area contributed by atoms with Gasteiger partial charge in [-0.25, -0.2) is 9.82 Å². The van der Waals surface area contributed by atoms with Crippen LogP contribution in [-0.2, 0) is 9.63 Å². The highest BCUT2D eigenvalue weighted by Gasteiger charge is 2.41. The fourth-order valence-electron chi connectivity index (χ4n) is 3.24. The van der Waals surface area contributed by atoms with Crippen LogP contribution >= 0.6 is 31.9 Å². The average molecular weight is 557 g/mol. The van der Waals surface area contributed by atoms with Crippen LogP contribution in [0.4, 0.5) is 4.39 Å². The van der Waals surface area contributed by atoms with Crippen molar-refractivity contribution in [2.24, 2.45) is 16.2 Å². The lowest BCUT2D eigenvalue weighted by atomic mass is 9.93. The molecular formula is C20H16Br2FN3O5. The van der Waals surface area contributed by atoms with Gasteiger partial charge in [0.25, 0.3) is 5.91 Å². The predicted molar refractivity (Wildman–Crippen MR) is 117 cm³/mol. The van der Waals surface area contributed by atoms with Crippen LogP contribution in [0.2, 0.25) is 0 Å². The lowest BCUT2D eigenvalue weighted by molar-refractivity contribution is -0.115. The standard InChI is InChI=1S/C20H16Br2FN3O5/c1-9-15(20(27)25-24-7-10-3-5-11(23)6-4-10)26-31-16(9)12-13(21)17(28-2)19-18(14(12)22)29-8-30-19/h3-7,9,16H,8H2,1-2H3,(H,25,27). The molecule has 31 heavy (non-hydrogen) atoms. The summed E-state index contributed by atoms with van der Waals surface area (Å²) < 4.78 is 30.7. The number of hydrogen-bond donors (Lipinski definition) is 1. The molecule has 0 bridgehead atoms. The molecule has 0 saturated heterocycles. The first kappa shape index (κ1) is 21.6. The highest BCUT2D eigenvalue weighted by atomic mass is 79.9. The molecule has 2 aliphatic heterocycles. The van der Waals surface area contributed by atoms with E-state index in [4.69, 9.17) is 19.0 Å². The maximum absolute atomic E-state index is 13.0. The Morgan fingerprint density at radius 2 is 1.97 bits per heavy atom. The van der Waals surface area contributed by atoms with Gasteiger partial charge in [0.2, 0.25) is 12.5 Å². The Bertz CT molecular complexity index is 1090. The first-order chi connectivity index (χ1) is 14.9. The van der Waals surface area contributed by atoms with E-state index in [1.54, 1.807) is 12.1 Å². The number of carbonyl (C=O) groups is 1. The SMILES string of the molecule is COc1c(Br)c(C2ON=C(C(=O)NN=Cc3ccc(F)cc3)C2C)c(Br)c2c1OCO2. The lowest BCUT2D eigenvalue weighted by Crippen LogP contribution is -2.31. The molecule has 2 aliphatic rings. The fourth-order valence-corrected chi connectivity index (χ4v) is 4.99. The van der Waals surface area contributed by atoms with Gasteiger partial charge in [0.1, 0.15) is 5.82 Å². The number of hydrogen-bond acceptors (Lipinski definition) is 7. The summed E-state index contributed by atoms with van der Waals surface area (Å²) in [4.78, 5) is 18.2. The number of carbonyl (C=O) groups excluding carboxylic acids is 1. The third-order valence-electron chi connectivity index (χ3n) is 4.81. The molecule has 1 N–H and O–H groups in total. The Kier molecular flexibility index (Phi) is 6.15. The van der Waals surface area contributed by atoms with Gasteiger partial charge in [-0.2, -0.15) is 5.10 Å². The second-order valence-electron chi connectivity index (χ2n) is 6.68. The number of fused-ring (bicyclic) bond motifs is 1. The second kappa shape index (κ2) is 8.83. The number of nitrogens with one attached hydrogen (secondary N) is 1. The molecule has 0 fully saturated rings. The van der Waals surface area contributed by atoms with E-state index in [0.29, 0.717) is 37.3 Å². The molecule has 2 atom stereocenters. The molecule has 4 rings (SSSR count). The quantitative estimate of drug-likeness (QED) is 0.438. The summed E-state index contributed by atoms with van der Waals surface area (Å²) in [7, 11) is 1.52. The molecule has 0 aromatic heterocycles. The van der Waals surface area contributed by atoms with Crippen molar-refractivity contribution in [1.82, 2.24) is 5.43 Å². The monoisotopic (exact) mass is 555 g/mol. The normalized spacial score (nSPS) is 19.3. The number of oxime groups is 1. The van der Waals surface area contributed by atoms with Crippen LogP contribution in [0.25, 0.3) is 0 Å². The summed E-state index contributed by atoms with van der Waals surface area (Å²) in [6.45, 7) is 1.88. The van der Waals surface area contributed by atoms with Gasteiger partial charge in [-0.15, -0.1) is 0 Å². The second-order valence-corrected chi connectivity index (χ2v) is 8.27. The number of nitrogens with zero attached hydrogens (tertiary/aromatic N) is 2.